The van der Waals surface area contributed by atoms with Gasteiger partial charge in [0.15, 0.2) is 18.0 Å². The zero-order chi connectivity index (χ0) is 28.1. The number of rotatable bonds is 8. The number of ether oxygens (including phenoxy) is 2. The standard InChI is InChI=1S/C28H24N4O8/c33-22(25(34)29-20-11-9-18(10-12-20)24-30-28(37)40-31-24)23-26(35)32(13-14-38-23)21-8-4-7-19(15-21)27(36)39-16-17-5-2-1-3-6-17/h1-12,15,22-23,33H,13-14,16H2,(H,29,34)(H,30,31,37). The molecular weight excluding hydrogens is 520 g/mol. The minimum atomic E-state index is -1.80. The van der Waals surface area contributed by atoms with Gasteiger partial charge in [-0.05, 0) is 48.0 Å². The molecule has 1 aromatic heterocycles. The molecule has 5 rings (SSSR count). The molecule has 0 aliphatic carbocycles. The smallest absolute Gasteiger partial charge is 0.439 e. The zero-order valence-corrected chi connectivity index (χ0v) is 21.0. The fourth-order valence-corrected chi connectivity index (χ4v) is 4.12. The number of nitrogens with one attached hydrogen (secondary N) is 2. The van der Waals surface area contributed by atoms with Crippen molar-refractivity contribution >= 4 is 29.2 Å². The first-order valence-corrected chi connectivity index (χ1v) is 12.3. The van der Waals surface area contributed by atoms with Crippen LogP contribution in [-0.2, 0) is 25.7 Å². The Hall–Kier alpha value is -5.07. The Balaban J connectivity index is 1.22. The van der Waals surface area contributed by atoms with Crippen LogP contribution in [0.25, 0.3) is 11.4 Å². The number of aliphatic hydroxyl groups is 1. The highest BCUT2D eigenvalue weighted by atomic mass is 16.5. The highest BCUT2D eigenvalue weighted by molar-refractivity contribution is 6.04. The van der Waals surface area contributed by atoms with Crippen molar-refractivity contribution in [3.63, 3.8) is 0 Å². The first-order valence-electron chi connectivity index (χ1n) is 12.3. The molecule has 3 N–H and O–H groups in total. The van der Waals surface area contributed by atoms with Gasteiger partial charge in [-0.1, -0.05) is 41.6 Å². The summed E-state index contributed by atoms with van der Waals surface area (Å²) in [6.45, 7) is 0.331. The number of anilines is 2. The number of aromatic amines is 1. The summed E-state index contributed by atoms with van der Waals surface area (Å²) in [5.74, 6) is -2.51. The highest BCUT2D eigenvalue weighted by Gasteiger charge is 2.39. The van der Waals surface area contributed by atoms with Gasteiger partial charge >= 0.3 is 11.7 Å². The molecule has 1 aliphatic rings. The molecule has 1 saturated heterocycles. The van der Waals surface area contributed by atoms with Crippen molar-refractivity contribution in [2.75, 3.05) is 23.4 Å². The Kier molecular flexibility index (Phi) is 7.80. The lowest BCUT2D eigenvalue weighted by Crippen LogP contribution is -2.55. The number of esters is 1. The van der Waals surface area contributed by atoms with E-state index in [0.29, 0.717) is 16.9 Å². The number of carbonyl (C=O) groups is 3. The van der Waals surface area contributed by atoms with Crippen LogP contribution < -0.4 is 16.0 Å². The van der Waals surface area contributed by atoms with E-state index < -0.39 is 35.7 Å². The number of aromatic nitrogens is 2. The highest BCUT2D eigenvalue weighted by Crippen LogP contribution is 2.23. The van der Waals surface area contributed by atoms with E-state index in [-0.39, 0.29) is 31.1 Å². The molecule has 1 fully saturated rings. The van der Waals surface area contributed by atoms with E-state index in [4.69, 9.17) is 9.47 Å². The van der Waals surface area contributed by atoms with Crippen LogP contribution in [0.2, 0.25) is 0 Å². The van der Waals surface area contributed by atoms with Crippen molar-refractivity contribution in [2.45, 2.75) is 18.8 Å². The maximum Gasteiger partial charge on any atom is 0.439 e. The van der Waals surface area contributed by atoms with Crippen molar-refractivity contribution in [2.24, 2.45) is 0 Å². The van der Waals surface area contributed by atoms with Crippen LogP contribution in [0.3, 0.4) is 0 Å². The number of benzene rings is 3. The third-order valence-corrected chi connectivity index (χ3v) is 6.15. The predicted molar refractivity (Wildman–Crippen MR) is 141 cm³/mol. The summed E-state index contributed by atoms with van der Waals surface area (Å²) in [5.41, 5.74) is 2.37. The van der Waals surface area contributed by atoms with Gasteiger partial charge in [0.2, 0.25) is 0 Å². The number of aliphatic hydroxyl groups excluding tert-OH is 1. The molecule has 204 valence electrons. The summed E-state index contributed by atoms with van der Waals surface area (Å²) in [7, 11) is 0. The molecule has 2 unspecified atom stereocenters. The van der Waals surface area contributed by atoms with Crippen LogP contribution in [0.5, 0.6) is 0 Å². The van der Waals surface area contributed by atoms with Gasteiger partial charge in [-0.3, -0.25) is 19.1 Å². The van der Waals surface area contributed by atoms with Crippen LogP contribution in [-0.4, -0.2) is 58.4 Å². The van der Waals surface area contributed by atoms with E-state index in [1.165, 1.54) is 23.1 Å². The Morgan fingerprint density at radius 2 is 1.85 bits per heavy atom. The Labute approximate surface area is 227 Å². The fraction of sp³-hybridized carbons (Fsp3) is 0.179. The summed E-state index contributed by atoms with van der Waals surface area (Å²) in [6.07, 6.45) is -3.26. The van der Waals surface area contributed by atoms with Crippen LogP contribution in [0.1, 0.15) is 15.9 Å². The molecule has 3 aromatic carbocycles. The van der Waals surface area contributed by atoms with Gasteiger partial charge in [0, 0.05) is 23.5 Å². The van der Waals surface area contributed by atoms with Gasteiger partial charge in [0.05, 0.1) is 12.2 Å². The third-order valence-electron chi connectivity index (χ3n) is 6.15. The molecule has 0 bridgehead atoms. The van der Waals surface area contributed by atoms with E-state index in [2.05, 4.69) is 20.0 Å². The molecule has 0 radical (unpaired) electrons. The molecule has 2 heterocycles. The molecule has 0 spiro atoms. The Morgan fingerprint density at radius 1 is 1.07 bits per heavy atom. The van der Waals surface area contributed by atoms with E-state index in [0.717, 1.165) is 5.56 Å². The second-order valence-corrected chi connectivity index (χ2v) is 8.85. The van der Waals surface area contributed by atoms with Crippen molar-refractivity contribution in [3.8, 4) is 11.4 Å². The van der Waals surface area contributed by atoms with Crippen molar-refractivity contribution in [1.82, 2.24) is 10.1 Å². The first-order chi connectivity index (χ1) is 19.4. The van der Waals surface area contributed by atoms with Gasteiger partial charge in [-0.25, -0.2) is 9.59 Å². The SMILES string of the molecule is O=C(OCc1ccccc1)c1cccc(N2CCOC(C(O)C(=O)Nc3ccc(-c4noc(=O)[nH]4)cc3)C2=O)c1. The summed E-state index contributed by atoms with van der Waals surface area (Å²) in [5, 5.41) is 16.8. The van der Waals surface area contributed by atoms with Gasteiger partial charge in [-0.15, -0.1) is 0 Å². The Bertz CT molecular complexity index is 1560. The monoisotopic (exact) mass is 544 g/mol. The average Bonchev–Trinajstić information content (AvgIpc) is 3.42. The van der Waals surface area contributed by atoms with Crippen LogP contribution in [0.15, 0.2) is 88.2 Å². The number of carbonyl (C=O) groups excluding carboxylic acids is 3. The lowest BCUT2D eigenvalue weighted by atomic mass is 10.1. The number of nitrogens with zero attached hydrogens (tertiary/aromatic N) is 2. The molecule has 4 aromatic rings. The minimum Gasteiger partial charge on any atom is -0.457 e. The molecule has 12 heteroatoms. The lowest BCUT2D eigenvalue weighted by Gasteiger charge is -2.34. The fourth-order valence-electron chi connectivity index (χ4n) is 4.12. The number of hydrogen-bond donors (Lipinski definition) is 3. The number of morpholine rings is 1. The average molecular weight is 545 g/mol. The molecule has 12 nitrogen and oxygen atoms in total. The number of hydrogen-bond acceptors (Lipinski definition) is 9. The second kappa shape index (κ2) is 11.8. The van der Waals surface area contributed by atoms with Gasteiger partial charge in [-0.2, -0.15) is 0 Å². The third kappa shape index (κ3) is 5.98. The summed E-state index contributed by atoms with van der Waals surface area (Å²) >= 11 is 0. The van der Waals surface area contributed by atoms with E-state index in [1.54, 1.807) is 30.3 Å². The maximum atomic E-state index is 13.2. The predicted octanol–water partition coefficient (Wildman–Crippen LogP) is 2.12. The van der Waals surface area contributed by atoms with Crippen molar-refractivity contribution in [3.05, 3.63) is 101 Å². The van der Waals surface area contributed by atoms with E-state index >= 15 is 0 Å². The molecular formula is C28H24N4O8. The maximum absolute atomic E-state index is 13.2. The number of H-pyrrole nitrogens is 1. The van der Waals surface area contributed by atoms with Gasteiger partial charge in [0.25, 0.3) is 11.8 Å². The lowest BCUT2D eigenvalue weighted by molar-refractivity contribution is -0.150. The van der Waals surface area contributed by atoms with Gasteiger partial charge < -0.3 is 24.8 Å². The van der Waals surface area contributed by atoms with Gasteiger partial charge in [0.1, 0.15) is 6.61 Å². The molecule has 1 aliphatic heterocycles. The van der Waals surface area contributed by atoms with Crippen LogP contribution in [0.4, 0.5) is 11.4 Å². The van der Waals surface area contributed by atoms with Crippen LogP contribution >= 0.6 is 0 Å². The molecule has 40 heavy (non-hydrogen) atoms. The van der Waals surface area contributed by atoms with Crippen molar-refractivity contribution < 1.29 is 33.5 Å². The van der Waals surface area contributed by atoms with E-state index in [9.17, 15) is 24.3 Å². The topological polar surface area (TPSA) is 164 Å². The van der Waals surface area contributed by atoms with Crippen molar-refractivity contribution in [1.29, 1.82) is 0 Å². The minimum absolute atomic E-state index is 0.0635. The summed E-state index contributed by atoms with van der Waals surface area (Å²) in [6, 6.07) is 21.8. The molecule has 0 saturated carbocycles. The zero-order valence-electron chi connectivity index (χ0n) is 21.0. The number of amides is 2. The Morgan fingerprint density at radius 3 is 2.58 bits per heavy atom. The molecule has 2 atom stereocenters. The summed E-state index contributed by atoms with van der Waals surface area (Å²) < 4.78 is 15.3. The largest absolute Gasteiger partial charge is 0.457 e. The quantitative estimate of drug-likeness (QED) is 0.282. The summed E-state index contributed by atoms with van der Waals surface area (Å²) in [4.78, 5) is 53.5. The first kappa shape index (κ1) is 26.5. The van der Waals surface area contributed by atoms with Crippen LogP contribution in [0, 0.1) is 0 Å². The normalized spacial score (nSPS) is 15.9. The van der Waals surface area contributed by atoms with E-state index in [1.807, 2.05) is 30.3 Å². The second-order valence-electron chi connectivity index (χ2n) is 8.85. The molecule has 2 amide bonds.